The van der Waals surface area contributed by atoms with Gasteiger partial charge in [0.2, 0.25) is 0 Å². The number of nitrogens with zero attached hydrogens (tertiary/aromatic N) is 3. The summed E-state index contributed by atoms with van der Waals surface area (Å²) >= 11 is 13.0. The van der Waals surface area contributed by atoms with E-state index in [1.54, 1.807) is 12.3 Å². The van der Waals surface area contributed by atoms with E-state index in [2.05, 4.69) is 41.9 Å². The summed E-state index contributed by atoms with van der Waals surface area (Å²) < 4.78 is 14.7. The lowest BCUT2D eigenvalue weighted by atomic mass is 10.2. The normalized spacial score (nSPS) is 11.3. The third-order valence-corrected chi connectivity index (χ3v) is 6.48. The Balaban J connectivity index is 1.67. The average Bonchev–Trinajstić information content (AvgIpc) is 2.84. The van der Waals surface area contributed by atoms with Crippen molar-refractivity contribution >= 4 is 60.6 Å². The Kier molecular flexibility index (Phi) is 8.26. The Morgan fingerprint density at radius 2 is 1.83 bits per heavy atom. The number of hydrogen-bond acceptors (Lipinski definition) is 5. The molecule has 1 aromatic heterocycles. The zero-order valence-electron chi connectivity index (χ0n) is 19.1. The first-order valence-corrected chi connectivity index (χ1v) is 12.9. The molecule has 1 heterocycles. The number of halogens is 3. The molecule has 0 amide bonds. The van der Waals surface area contributed by atoms with Crippen LogP contribution in [0.5, 0.6) is 11.5 Å². The molecule has 3 aromatic carbocycles. The summed E-state index contributed by atoms with van der Waals surface area (Å²) in [7, 11) is 0. The van der Waals surface area contributed by atoms with Gasteiger partial charge >= 0.3 is 0 Å². The standard InChI is InChI=1S/C26H22Br2ClN3O3/c1-3-24-31-22-10-7-18(27)13-20(22)26(33)32(24)30-14-17-11-21(28)25(23(12-17)34-4-2)35-15-16-5-8-19(29)9-6-16/h5-14H,3-4,15H2,1-2H3. The molecule has 180 valence electrons. The zero-order chi connectivity index (χ0) is 24.9. The SMILES string of the molecule is CCOc1cc(C=Nn2c(CC)nc3ccc(Br)cc3c2=O)cc(Br)c1OCc1ccc(Cl)cc1. The largest absolute Gasteiger partial charge is 0.490 e. The molecule has 0 aliphatic carbocycles. The van der Waals surface area contributed by atoms with Crippen molar-refractivity contribution in [1.82, 2.24) is 9.66 Å². The van der Waals surface area contributed by atoms with E-state index in [1.807, 2.05) is 62.4 Å². The van der Waals surface area contributed by atoms with Crippen LogP contribution in [0.1, 0.15) is 30.8 Å². The highest BCUT2D eigenvalue weighted by Gasteiger charge is 2.13. The summed E-state index contributed by atoms with van der Waals surface area (Å²) in [6.07, 6.45) is 2.17. The van der Waals surface area contributed by atoms with Crippen molar-refractivity contribution in [3.8, 4) is 11.5 Å². The predicted molar refractivity (Wildman–Crippen MR) is 147 cm³/mol. The highest BCUT2D eigenvalue weighted by molar-refractivity contribution is 9.10. The maximum absolute atomic E-state index is 13.1. The lowest BCUT2D eigenvalue weighted by Crippen LogP contribution is -2.22. The maximum atomic E-state index is 13.1. The van der Waals surface area contributed by atoms with E-state index in [0.29, 0.717) is 57.4 Å². The maximum Gasteiger partial charge on any atom is 0.282 e. The lowest BCUT2D eigenvalue weighted by molar-refractivity contribution is 0.267. The number of aromatic nitrogens is 2. The van der Waals surface area contributed by atoms with Crippen LogP contribution < -0.4 is 15.0 Å². The molecular formula is C26H22Br2ClN3O3. The molecule has 0 aliphatic heterocycles. The van der Waals surface area contributed by atoms with Crippen LogP contribution in [-0.2, 0) is 13.0 Å². The molecule has 0 aliphatic rings. The van der Waals surface area contributed by atoms with Gasteiger partial charge in [-0.2, -0.15) is 9.78 Å². The van der Waals surface area contributed by atoms with Gasteiger partial charge in [0.15, 0.2) is 11.5 Å². The summed E-state index contributed by atoms with van der Waals surface area (Å²) in [4.78, 5) is 17.8. The third-order valence-electron chi connectivity index (χ3n) is 5.14. The van der Waals surface area contributed by atoms with E-state index in [1.165, 1.54) is 4.68 Å². The second-order valence-corrected chi connectivity index (χ2v) is 9.79. The van der Waals surface area contributed by atoms with Gasteiger partial charge in [0, 0.05) is 15.9 Å². The fourth-order valence-corrected chi connectivity index (χ4v) is 4.53. The summed E-state index contributed by atoms with van der Waals surface area (Å²) in [5, 5.41) is 5.64. The van der Waals surface area contributed by atoms with Gasteiger partial charge in [0.1, 0.15) is 12.4 Å². The van der Waals surface area contributed by atoms with E-state index in [4.69, 9.17) is 21.1 Å². The molecule has 4 aromatic rings. The molecule has 0 bridgehead atoms. The van der Waals surface area contributed by atoms with Crippen molar-refractivity contribution in [1.29, 1.82) is 0 Å². The second kappa shape index (κ2) is 11.4. The molecule has 0 spiro atoms. The van der Waals surface area contributed by atoms with Crippen LogP contribution in [0.3, 0.4) is 0 Å². The summed E-state index contributed by atoms with van der Waals surface area (Å²) in [6, 6.07) is 16.6. The van der Waals surface area contributed by atoms with Crippen LogP contribution in [0.15, 0.2) is 73.4 Å². The quantitative estimate of drug-likeness (QED) is 0.199. The van der Waals surface area contributed by atoms with E-state index >= 15 is 0 Å². The Labute approximate surface area is 224 Å². The van der Waals surface area contributed by atoms with E-state index in [0.717, 1.165) is 15.6 Å². The molecule has 0 atom stereocenters. The third kappa shape index (κ3) is 5.94. The summed E-state index contributed by atoms with van der Waals surface area (Å²) in [5.41, 5.74) is 2.14. The van der Waals surface area contributed by atoms with Gasteiger partial charge in [0.05, 0.1) is 28.2 Å². The molecule has 0 radical (unpaired) electrons. The molecule has 4 rings (SSSR count). The minimum absolute atomic E-state index is 0.226. The molecule has 0 fully saturated rings. The van der Waals surface area contributed by atoms with E-state index in [9.17, 15) is 4.79 Å². The Bertz CT molecular complexity index is 1450. The Hall–Kier alpha value is -2.68. The minimum Gasteiger partial charge on any atom is -0.490 e. The molecular weight excluding hydrogens is 598 g/mol. The number of aryl methyl sites for hydroxylation is 1. The first-order chi connectivity index (χ1) is 16.9. The lowest BCUT2D eigenvalue weighted by Gasteiger charge is -2.15. The zero-order valence-corrected chi connectivity index (χ0v) is 23.0. The molecule has 0 saturated carbocycles. The van der Waals surface area contributed by atoms with Crippen molar-refractivity contribution in [3.63, 3.8) is 0 Å². The van der Waals surface area contributed by atoms with Gasteiger partial charge in [-0.05, 0) is 76.4 Å². The average molecular weight is 620 g/mol. The Morgan fingerprint density at radius 1 is 1.06 bits per heavy atom. The van der Waals surface area contributed by atoms with Crippen LogP contribution in [0, 0.1) is 0 Å². The topological polar surface area (TPSA) is 65.7 Å². The van der Waals surface area contributed by atoms with Crippen LogP contribution >= 0.6 is 43.5 Å². The van der Waals surface area contributed by atoms with Crippen molar-refractivity contribution in [2.45, 2.75) is 26.9 Å². The van der Waals surface area contributed by atoms with Crippen molar-refractivity contribution < 1.29 is 9.47 Å². The van der Waals surface area contributed by atoms with E-state index < -0.39 is 0 Å². The van der Waals surface area contributed by atoms with Crippen LogP contribution in [0.2, 0.25) is 5.02 Å². The fourth-order valence-electron chi connectivity index (χ4n) is 3.47. The van der Waals surface area contributed by atoms with Crippen molar-refractivity contribution in [3.05, 3.63) is 95.9 Å². The van der Waals surface area contributed by atoms with Gasteiger partial charge in [-0.3, -0.25) is 4.79 Å². The first kappa shape index (κ1) is 25.4. The van der Waals surface area contributed by atoms with Crippen LogP contribution in [0.25, 0.3) is 10.9 Å². The monoisotopic (exact) mass is 617 g/mol. The smallest absolute Gasteiger partial charge is 0.282 e. The highest BCUT2D eigenvalue weighted by atomic mass is 79.9. The molecule has 35 heavy (non-hydrogen) atoms. The number of ether oxygens (including phenoxy) is 2. The van der Waals surface area contributed by atoms with Gasteiger partial charge in [-0.25, -0.2) is 4.98 Å². The van der Waals surface area contributed by atoms with Crippen LogP contribution in [-0.4, -0.2) is 22.5 Å². The van der Waals surface area contributed by atoms with Gasteiger partial charge in [-0.15, -0.1) is 0 Å². The molecule has 9 heteroatoms. The fraction of sp³-hybridized carbons (Fsp3) is 0.192. The summed E-state index contributed by atoms with van der Waals surface area (Å²) in [6.45, 7) is 4.67. The highest BCUT2D eigenvalue weighted by Crippen LogP contribution is 2.37. The Morgan fingerprint density at radius 3 is 2.54 bits per heavy atom. The molecule has 0 N–H and O–H groups in total. The van der Waals surface area contributed by atoms with Crippen molar-refractivity contribution in [2.75, 3.05) is 6.61 Å². The second-order valence-electron chi connectivity index (χ2n) is 7.58. The number of fused-ring (bicyclic) bond motifs is 1. The predicted octanol–water partition coefficient (Wildman–Crippen LogP) is 7.00. The number of rotatable bonds is 8. The summed E-state index contributed by atoms with van der Waals surface area (Å²) in [5.74, 6) is 1.73. The van der Waals surface area contributed by atoms with Crippen LogP contribution in [0.4, 0.5) is 0 Å². The van der Waals surface area contributed by atoms with Gasteiger partial charge in [-0.1, -0.05) is 46.6 Å². The van der Waals surface area contributed by atoms with Gasteiger partial charge < -0.3 is 9.47 Å². The minimum atomic E-state index is -0.226. The first-order valence-electron chi connectivity index (χ1n) is 11.0. The van der Waals surface area contributed by atoms with Gasteiger partial charge in [0.25, 0.3) is 5.56 Å². The molecule has 0 unspecified atom stereocenters. The van der Waals surface area contributed by atoms with E-state index in [-0.39, 0.29) is 5.56 Å². The number of hydrogen-bond donors (Lipinski definition) is 0. The molecule has 6 nitrogen and oxygen atoms in total. The van der Waals surface area contributed by atoms with Crippen molar-refractivity contribution in [2.24, 2.45) is 5.10 Å². The number of benzene rings is 3. The molecule has 0 saturated heterocycles.